The minimum absolute atomic E-state index is 0.0692. The van der Waals surface area contributed by atoms with Crippen LogP contribution in [0.1, 0.15) is 37.7 Å². The summed E-state index contributed by atoms with van der Waals surface area (Å²) in [6.07, 6.45) is 5.19. The first-order valence-electron chi connectivity index (χ1n) is 10.1. The molecule has 3 N–H and O–H groups in total. The Hall–Kier alpha value is -3.00. The lowest BCUT2D eigenvalue weighted by Gasteiger charge is -2.31. The minimum atomic E-state index is -0.521. The van der Waals surface area contributed by atoms with Crippen LogP contribution in [0, 0.1) is 23.0 Å². The van der Waals surface area contributed by atoms with E-state index in [9.17, 15) is 14.9 Å². The maximum Gasteiger partial charge on any atom is 0.292 e. The molecule has 0 heterocycles. The van der Waals surface area contributed by atoms with Crippen molar-refractivity contribution in [3.63, 3.8) is 0 Å². The molecule has 0 bridgehead atoms. The molecule has 0 radical (unpaired) electrons. The number of carbonyl (C=O) groups excluding carboxylic acids is 1. The number of nitrogens with zero attached hydrogens (tertiary/aromatic N) is 1. The Morgan fingerprint density at radius 3 is 2.33 bits per heavy atom. The molecule has 1 fully saturated rings. The predicted molar refractivity (Wildman–Crippen MR) is 123 cm³/mol. The van der Waals surface area contributed by atoms with Crippen molar-refractivity contribution in [2.45, 2.75) is 45.1 Å². The van der Waals surface area contributed by atoms with Crippen molar-refractivity contribution in [1.82, 2.24) is 5.32 Å². The Morgan fingerprint density at radius 2 is 1.67 bits per heavy atom. The number of nitro benzene ring substituents is 1. The highest BCUT2D eigenvalue weighted by Crippen LogP contribution is 2.28. The zero-order chi connectivity index (χ0) is 21.5. The molecular formula is C22H26N4O3S. The summed E-state index contributed by atoms with van der Waals surface area (Å²) in [5.41, 5.74) is 1.97. The normalized spacial score (nSPS) is 15.1. The van der Waals surface area contributed by atoms with Gasteiger partial charge in [-0.15, -0.1) is 0 Å². The van der Waals surface area contributed by atoms with Gasteiger partial charge in [-0.2, -0.15) is 0 Å². The van der Waals surface area contributed by atoms with Gasteiger partial charge in [0.1, 0.15) is 11.7 Å². The SMILES string of the molecule is Cc1ccccc1NC(=O)[C@H](NC(=S)Nc1ccccc1[N+](=O)[O-])C1CCCCC1. The van der Waals surface area contributed by atoms with Gasteiger partial charge in [0.2, 0.25) is 5.91 Å². The molecule has 1 aliphatic carbocycles. The number of thiocarbonyl (C=S) groups is 1. The number of benzene rings is 2. The monoisotopic (exact) mass is 426 g/mol. The van der Waals surface area contributed by atoms with Crippen LogP contribution in [-0.4, -0.2) is 22.0 Å². The van der Waals surface area contributed by atoms with Crippen LogP contribution in [0.15, 0.2) is 48.5 Å². The summed E-state index contributed by atoms with van der Waals surface area (Å²) in [5.74, 6) is -0.00353. The number of hydrogen-bond acceptors (Lipinski definition) is 4. The van der Waals surface area contributed by atoms with Gasteiger partial charge in [0, 0.05) is 11.8 Å². The second kappa shape index (κ2) is 10.2. The van der Waals surface area contributed by atoms with Crippen molar-refractivity contribution < 1.29 is 9.72 Å². The molecule has 0 aromatic heterocycles. The van der Waals surface area contributed by atoms with E-state index in [2.05, 4.69) is 16.0 Å². The fourth-order valence-corrected chi connectivity index (χ4v) is 4.06. The number of hydrogen-bond donors (Lipinski definition) is 3. The largest absolute Gasteiger partial charge is 0.350 e. The van der Waals surface area contributed by atoms with Crippen molar-refractivity contribution in [2.75, 3.05) is 10.6 Å². The molecule has 8 heteroatoms. The summed E-state index contributed by atoms with van der Waals surface area (Å²) in [4.78, 5) is 23.9. The minimum Gasteiger partial charge on any atom is -0.350 e. The second-order valence-corrected chi connectivity index (χ2v) is 7.96. The molecule has 0 unspecified atom stereocenters. The first-order chi connectivity index (χ1) is 14.5. The van der Waals surface area contributed by atoms with Crippen LogP contribution in [0.25, 0.3) is 0 Å². The molecule has 2 aromatic rings. The Kier molecular flexibility index (Phi) is 7.35. The van der Waals surface area contributed by atoms with Crippen LogP contribution in [0.3, 0.4) is 0 Å². The maximum atomic E-state index is 13.2. The number of rotatable bonds is 6. The molecule has 158 valence electrons. The Bertz CT molecular complexity index is 928. The summed E-state index contributed by atoms with van der Waals surface area (Å²) < 4.78 is 0. The van der Waals surface area contributed by atoms with Gasteiger partial charge in [-0.1, -0.05) is 49.6 Å². The second-order valence-electron chi connectivity index (χ2n) is 7.55. The Balaban J connectivity index is 1.75. The third kappa shape index (κ3) is 5.54. The average molecular weight is 427 g/mol. The highest BCUT2D eigenvalue weighted by Gasteiger charge is 2.30. The Morgan fingerprint density at radius 1 is 1.03 bits per heavy atom. The molecule has 1 amide bonds. The summed E-state index contributed by atoms with van der Waals surface area (Å²) in [7, 11) is 0. The van der Waals surface area contributed by atoms with E-state index in [4.69, 9.17) is 12.2 Å². The lowest BCUT2D eigenvalue weighted by Crippen LogP contribution is -2.50. The van der Waals surface area contributed by atoms with E-state index in [0.717, 1.165) is 36.9 Å². The number of para-hydroxylation sites is 3. The van der Waals surface area contributed by atoms with E-state index in [1.807, 2.05) is 31.2 Å². The molecule has 0 saturated heterocycles. The maximum absolute atomic E-state index is 13.2. The summed E-state index contributed by atoms with van der Waals surface area (Å²) in [6, 6.07) is 13.4. The number of carbonyl (C=O) groups is 1. The molecular weight excluding hydrogens is 400 g/mol. The first kappa shape index (κ1) is 21.7. The van der Waals surface area contributed by atoms with Crippen molar-refractivity contribution in [1.29, 1.82) is 0 Å². The van der Waals surface area contributed by atoms with Gasteiger partial charge in [0.05, 0.1) is 4.92 Å². The average Bonchev–Trinajstić information content (AvgIpc) is 2.74. The zero-order valence-electron chi connectivity index (χ0n) is 16.9. The van der Waals surface area contributed by atoms with Gasteiger partial charge in [0.15, 0.2) is 5.11 Å². The van der Waals surface area contributed by atoms with Gasteiger partial charge in [-0.3, -0.25) is 14.9 Å². The summed E-state index contributed by atoms with van der Waals surface area (Å²) in [6.45, 7) is 1.94. The van der Waals surface area contributed by atoms with Crippen LogP contribution in [0.2, 0.25) is 0 Å². The molecule has 1 saturated carbocycles. The quantitative estimate of drug-likeness (QED) is 0.350. The van der Waals surface area contributed by atoms with Crippen LogP contribution < -0.4 is 16.0 Å². The summed E-state index contributed by atoms with van der Waals surface area (Å²) >= 11 is 5.41. The molecule has 30 heavy (non-hydrogen) atoms. The number of amides is 1. The van der Waals surface area contributed by atoms with Crippen molar-refractivity contribution in [2.24, 2.45) is 5.92 Å². The fraction of sp³-hybridized carbons (Fsp3) is 0.364. The lowest BCUT2D eigenvalue weighted by molar-refractivity contribution is -0.383. The van der Waals surface area contributed by atoms with Crippen LogP contribution in [-0.2, 0) is 4.79 Å². The predicted octanol–water partition coefficient (Wildman–Crippen LogP) is 4.78. The van der Waals surface area contributed by atoms with Gasteiger partial charge in [0.25, 0.3) is 5.69 Å². The third-order valence-corrected chi connectivity index (χ3v) is 5.66. The topological polar surface area (TPSA) is 96.3 Å². The fourth-order valence-electron chi connectivity index (χ4n) is 3.83. The van der Waals surface area contributed by atoms with Crippen LogP contribution in [0.4, 0.5) is 17.1 Å². The van der Waals surface area contributed by atoms with E-state index in [1.54, 1.807) is 18.2 Å². The smallest absolute Gasteiger partial charge is 0.292 e. The van der Waals surface area contributed by atoms with Crippen molar-refractivity contribution in [3.8, 4) is 0 Å². The molecule has 7 nitrogen and oxygen atoms in total. The summed E-state index contributed by atoms with van der Waals surface area (Å²) in [5, 5.41) is 20.5. The lowest BCUT2D eigenvalue weighted by atomic mass is 9.83. The van der Waals surface area contributed by atoms with Crippen LogP contribution >= 0.6 is 12.2 Å². The van der Waals surface area contributed by atoms with E-state index in [1.165, 1.54) is 12.5 Å². The standard InChI is InChI=1S/C22H26N4O3S/c1-15-9-5-6-12-17(15)23-21(27)20(16-10-3-2-4-11-16)25-22(30)24-18-13-7-8-14-19(18)26(28)29/h5-9,12-14,16,20H,2-4,10-11H2,1H3,(H,23,27)(H2,24,25,30)/t20-/m1/s1. The van der Waals surface area contributed by atoms with Crippen LogP contribution in [0.5, 0.6) is 0 Å². The van der Waals surface area contributed by atoms with E-state index in [0.29, 0.717) is 5.69 Å². The number of anilines is 2. The Labute approximate surface area is 181 Å². The number of nitrogens with one attached hydrogen (secondary N) is 3. The molecule has 2 aromatic carbocycles. The van der Waals surface area contributed by atoms with E-state index < -0.39 is 11.0 Å². The zero-order valence-corrected chi connectivity index (χ0v) is 17.7. The molecule has 0 aliphatic heterocycles. The van der Waals surface area contributed by atoms with Crippen molar-refractivity contribution in [3.05, 3.63) is 64.2 Å². The van der Waals surface area contributed by atoms with Gasteiger partial charge in [-0.05, 0) is 55.6 Å². The van der Waals surface area contributed by atoms with Crippen molar-refractivity contribution >= 4 is 40.3 Å². The molecule has 1 aliphatic rings. The number of aryl methyl sites for hydroxylation is 1. The third-order valence-electron chi connectivity index (χ3n) is 5.44. The molecule has 3 rings (SSSR count). The number of nitro groups is 1. The van der Waals surface area contributed by atoms with Gasteiger partial charge >= 0.3 is 0 Å². The van der Waals surface area contributed by atoms with E-state index in [-0.39, 0.29) is 22.6 Å². The van der Waals surface area contributed by atoms with Gasteiger partial charge in [-0.25, -0.2) is 0 Å². The molecule has 0 spiro atoms. The van der Waals surface area contributed by atoms with Gasteiger partial charge < -0.3 is 16.0 Å². The highest BCUT2D eigenvalue weighted by molar-refractivity contribution is 7.80. The highest BCUT2D eigenvalue weighted by atomic mass is 32.1. The molecule has 1 atom stereocenters. The van der Waals surface area contributed by atoms with E-state index >= 15 is 0 Å². The first-order valence-corrected chi connectivity index (χ1v) is 10.5.